The van der Waals surface area contributed by atoms with E-state index in [9.17, 15) is 5.11 Å². The largest absolute Gasteiger partial charge is 0.392 e. The van der Waals surface area contributed by atoms with Crippen molar-refractivity contribution in [2.75, 3.05) is 0 Å². The molecule has 0 spiro atoms. The normalized spacial score (nSPS) is 12.3. The molecule has 0 saturated carbocycles. The molecule has 3 heteroatoms. The van der Waals surface area contributed by atoms with Crippen molar-refractivity contribution in [2.45, 2.75) is 26.1 Å². The average Bonchev–Trinajstić information content (AvgIpc) is 2.46. The molecule has 2 rings (SSSR count). The van der Waals surface area contributed by atoms with Crippen LogP contribution in [-0.4, -0.2) is 10.1 Å². The molecule has 1 aromatic heterocycles. The van der Waals surface area contributed by atoms with Gasteiger partial charge in [-0.15, -0.1) is 0 Å². The quantitative estimate of drug-likeness (QED) is 0.846. The summed E-state index contributed by atoms with van der Waals surface area (Å²) in [6.07, 6.45) is 3.60. The van der Waals surface area contributed by atoms with Gasteiger partial charge in [-0.05, 0) is 35.7 Å². The molecule has 3 nitrogen and oxygen atoms in total. The highest BCUT2D eigenvalue weighted by Crippen LogP contribution is 2.13. The lowest BCUT2D eigenvalue weighted by Gasteiger charge is -2.15. The van der Waals surface area contributed by atoms with E-state index in [1.807, 2.05) is 36.4 Å². The lowest BCUT2D eigenvalue weighted by atomic mass is 10.1. The van der Waals surface area contributed by atoms with Gasteiger partial charge in [0.1, 0.15) is 0 Å². The summed E-state index contributed by atoms with van der Waals surface area (Å²) in [4.78, 5) is 4.01. The Kier molecular flexibility index (Phi) is 4.45. The molecule has 94 valence electrons. The number of nitrogens with one attached hydrogen (secondary N) is 1. The van der Waals surface area contributed by atoms with E-state index in [1.165, 1.54) is 5.56 Å². The number of hydrogen-bond acceptors (Lipinski definition) is 3. The van der Waals surface area contributed by atoms with Crippen LogP contribution in [0.3, 0.4) is 0 Å². The van der Waals surface area contributed by atoms with Crippen LogP contribution in [0.2, 0.25) is 0 Å². The second kappa shape index (κ2) is 6.28. The zero-order chi connectivity index (χ0) is 12.8. The second-order valence-electron chi connectivity index (χ2n) is 4.31. The maximum absolute atomic E-state index is 9.26. The smallest absolute Gasteiger partial charge is 0.0685 e. The lowest BCUT2D eigenvalue weighted by Crippen LogP contribution is -2.18. The van der Waals surface area contributed by atoms with Gasteiger partial charge in [0, 0.05) is 25.0 Å². The van der Waals surface area contributed by atoms with E-state index in [-0.39, 0.29) is 12.6 Å². The second-order valence-corrected chi connectivity index (χ2v) is 4.31. The van der Waals surface area contributed by atoms with Crippen LogP contribution in [0, 0.1) is 0 Å². The van der Waals surface area contributed by atoms with Crippen molar-refractivity contribution < 1.29 is 5.11 Å². The number of pyridine rings is 1. The monoisotopic (exact) mass is 242 g/mol. The van der Waals surface area contributed by atoms with Crippen molar-refractivity contribution in [3.8, 4) is 0 Å². The molecular formula is C15H18N2O. The lowest BCUT2D eigenvalue weighted by molar-refractivity contribution is 0.280. The summed E-state index contributed by atoms with van der Waals surface area (Å²) in [7, 11) is 0. The molecule has 18 heavy (non-hydrogen) atoms. The van der Waals surface area contributed by atoms with E-state index in [0.29, 0.717) is 0 Å². The molecule has 0 amide bonds. The minimum atomic E-state index is 0.0848. The molecule has 0 aliphatic carbocycles. The highest BCUT2D eigenvalue weighted by molar-refractivity contribution is 5.26. The maximum Gasteiger partial charge on any atom is 0.0685 e. The van der Waals surface area contributed by atoms with Crippen LogP contribution in [-0.2, 0) is 13.2 Å². The number of aromatic nitrogens is 1. The average molecular weight is 242 g/mol. The van der Waals surface area contributed by atoms with Gasteiger partial charge in [-0.25, -0.2) is 0 Å². The number of nitrogens with zero attached hydrogens (tertiary/aromatic N) is 1. The number of aliphatic hydroxyl groups is 1. The van der Waals surface area contributed by atoms with Gasteiger partial charge in [-0.3, -0.25) is 4.98 Å². The fraction of sp³-hybridized carbons (Fsp3) is 0.267. The standard InChI is InChI=1S/C15H18N2O/c1-12(13-6-8-16-9-7-13)17-10-14-4-2-3-5-15(14)11-18/h2-9,12,17-18H,10-11H2,1H3. The first kappa shape index (κ1) is 12.7. The minimum absolute atomic E-state index is 0.0848. The molecule has 0 radical (unpaired) electrons. The van der Waals surface area contributed by atoms with Crippen LogP contribution < -0.4 is 5.32 Å². The van der Waals surface area contributed by atoms with E-state index in [0.717, 1.165) is 17.7 Å². The Balaban J connectivity index is 1.99. The van der Waals surface area contributed by atoms with Crippen LogP contribution in [0.15, 0.2) is 48.8 Å². The molecular weight excluding hydrogens is 224 g/mol. The fourth-order valence-corrected chi connectivity index (χ4v) is 1.92. The van der Waals surface area contributed by atoms with Gasteiger partial charge in [0.2, 0.25) is 0 Å². The van der Waals surface area contributed by atoms with Crippen molar-refractivity contribution in [2.24, 2.45) is 0 Å². The summed E-state index contributed by atoms with van der Waals surface area (Å²) >= 11 is 0. The third kappa shape index (κ3) is 3.15. The third-order valence-corrected chi connectivity index (χ3v) is 3.09. The Hall–Kier alpha value is -1.71. The minimum Gasteiger partial charge on any atom is -0.392 e. The summed E-state index contributed by atoms with van der Waals surface area (Å²) in [5, 5.41) is 12.7. The van der Waals surface area contributed by atoms with E-state index >= 15 is 0 Å². The molecule has 0 aliphatic rings. The summed E-state index contributed by atoms with van der Waals surface area (Å²) in [6.45, 7) is 2.96. The van der Waals surface area contributed by atoms with Gasteiger partial charge in [-0.2, -0.15) is 0 Å². The van der Waals surface area contributed by atoms with Crippen molar-refractivity contribution >= 4 is 0 Å². The predicted octanol–water partition coefficient (Wildman–Crippen LogP) is 2.42. The van der Waals surface area contributed by atoms with Crippen LogP contribution in [0.5, 0.6) is 0 Å². The Morgan fingerprint density at radius 3 is 2.44 bits per heavy atom. The van der Waals surface area contributed by atoms with Crippen LogP contribution >= 0.6 is 0 Å². The fourth-order valence-electron chi connectivity index (χ4n) is 1.92. The van der Waals surface area contributed by atoms with Gasteiger partial charge in [0.25, 0.3) is 0 Å². The Morgan fingerprint density at radius 1 is 1.11 bits per heavy atom. The van der Waals surface area contributed by atoms with Crippen molar-refractivity contribution in [1.29, 1.82) is 0 Å². The molecule has 1 atom stereocenters. The topological polar surface area (TPSA) is 45.1 Å². The molecule has 0 bridgehead atoms. The summed E-state index contributed by atoms with van der Waals surface area (Å²) < 4.78 is 0. The molecule has 0 aliphatic heterocycles. The molecule has 1 aromatic carbocycles. The van der Waals surface area contributed by atoms with Gasteiger partial charge in [0.05, 0.1) is 6.61 Å². The predicted molar refractivity (Wildman–Crippen MR) is 71.9 cm³/mol. The number of aliphatic hydroxyl groups excluding tert-OH is 1. The Morgan fingerprint density at radius 2 is 1.78 bits per heavy atom. The number of benzene rings is 1. The molecule has 1 unspecified atom stereocenters. The first-order chi connectivity index (χ1) is 8.81. The first-order valence-corrected chi connectivity index (χ1v) is 6.12. The molecule has 1 heterocycles. The van der Waals surface area contributed by atoms with Crippen LogP contribution in [0.4, 0.5) is 0 Å². The summed E-state index contributed by atoms with van der Waals surface area (Å²) in [6, 6.07) is 12.2. The van der Waals surface area contributed by atoms with Crippen LogP contribution in [0.25, 0.3) is 0 Å². The third-order valence-electron chi connectivity index (χ3n) is 3.09. The van der Waals surface area contributed by atoms with E-state index < -0.39 is 0 Å². The van der Waals surface area contributed by atoms with Crippen LogP contribution in [0.1, 0.15) is 29.7 Å². The molecule has 2 N–H and O–H groups in total. The summed E-state index contributed by atoms with van der Waals surface area (Å²) in [5.41, 5.74) is 3.33. The molecule has 0 saturated heterocycles. The van der Waals surface area contributed by atoms with E-state index in [4.69, 9.17) is 0 Å². The number of rotatable bonds is 5. The molecule has 0 fully saturated rings. The SMILES string of the molecule is CC(NCc1ccccc1CO)c1ccncc1. The zero-order valence-corrected chi connectivity index (χ0v) is 10.5. The summed E-state index contributed by atoms with van der Waals surface area (Å²) in [5.74, 6) is 0. The molecule has 2 aromatic rings. The maximum atomic E-state index is 9.26. The highest BCUT2D eigenvalue weighted by atomic mass is 16.3. The van der Waals surface area contributed by atoms with Crippen molar-refractivity contribution in [3.05, 3.63) is 65.5 Å². The van der Waals surface area contributed by atoms with Gasteiger partial charge in [0.15, 0.2) is 0 Å². The van der Waals surface area contributed by atoms with E-state index in [2.05, 4.69) is 17.2 Å². The van der Waals surface area contributed by atoms with Gasteiger partial charge < -0.3 is 10.4 Å². The highest BCUT2D eigenvalue weighted by Gasteiger charge is 2.05. The Bertz CT molecular complexity index is 485. The first-order valence-electron chi connectivity index (χ1n) is 6.12. The van der Waals surface area contributed by atoms with Crippen molar-refractivity contribution in [3.63, 3.8) is 0 Å². The number of hydrogen-bond donors (Lipinski definition) is 2. The Labute approximate surface area is 108 Å². The van der Waals surface area contributed by atoms with Crippen molar-refractivity contribution in [1.82, 2.24) is 10.3 Å². The van der Waals surface area contributed by atoms with E-state index in [1.54, 1.807) is 12.4 Å². The van der Waals surface area contributed by atoms with Gasteiger partial charge in [-0.1, -0.05) is 24.3 Å². The zero-order valence-electron chi connectivity index (χ0n) is 10.5. The van der Waals surface area contributed by atoms with Gasteiger partial charge >= 0.3 is 0 Å².